The van der Waals surface area contributed by atoms with Crippen LogP contribution in [0.2, 0.25) is 0 Å². The van der Waals surface area contributed by atoms with Gasteiger partial charge in [0.1, 0.15) is 0 Å². The maximum atomic E-state index is 5.61. The Hall–Kier alpha value is -0.510. The number of benzene rings is 1. The minimum absolute atomic E-state index is 0.631. The van der Waals surface area contributed by atoms with Gasteiger partial charge in [-0.1, -0.05) is 12.1 Å². The van der Waals surface area contributed by atoms with Crippen LogP contribution < -0.4 is 5.73 Å². The van der Waals surface area contributed by atoms with Crippen molar-refractivity contribution in [3.8, 4) is 0 Å². The first-order chi connectivity index (χ1) is 6.83. The summed E-state index contributed by atoms with van der Waals surface area (Å²) in [7, 11) is 0. The molecule has 1 aromatic heterocycles. The molecule has 0 fully saturated rings. The smallest absolute Gasteiger partial charge is 0.0349 e. The Bertz CT molecular complexity index is 434. The molecular weight excluding hydrogens is 210 g/mol. The molecule has 0 spiro atoms. The summed E-state index contributed by atoms with van der Waals surface area (Å²) in [6.45, 7) is 0.631. The van der Waals surface area contributed by atoms with Crippen molar-refractivity contribution >= 4 is 33.2 Å². The van der Waals surface area contributed by atoms with Gasteiger partial charge in [0.2, 0.25) is 0 Å². The number of nitrogens with two attached hydrogens (primary N) is 1. The third-order valence-corrected chi connectivity index (χ3v) is 4.04. The zero-order valence-electron chi connectivity index (χ0n) is 8.12. The highest BCUT2D eigenvalue weighted by molar-refractivity contribution is 7.97. The minimum Gasteiger partial charge on any atom is -0.326 e. The maximum Gasteiger partial charge on any atom is 0.0349 e. The van der Waals surface area contributed by atoms with Crippen molar-refractivity contribution in [1.82, 2.24) is 0 Å². The molecule has 3 heteroatoms. The number of fused-ring (bicyclic) bond motifs is 1. The Morgan fingerprint density at radius 3 is 2.93 bits per heavy atom. The lowest BCUT2D eigenvalue weighted by atomic mass is 10.2. The van der Waals surface area contributed by atoms with E-state index in [4.69, 9.17) is 5.73 Å². The first-order valence-electron chi connectivity index (χ1n) is 4.54. The largest absolute Gasteiger partial charge is 0.326 e. The lowest BCUT2D eigenvalue weighted by Crippen LogP contribution is -1.94. The van der Waals surface area contributed by atoms with Crippen molar-refractivity contribution in [1.29, 1.82) is 0 Å². The summed E-state index contributed by atoms with van der Waals surface area (Å²) in [5.74, 6) is 1.11. The highest BCUT2D eigenvalue weighted by Gasteiger charge is 2.01. The molecule has 0 aliphatic carbocycles. The van der Waals surface area contributed by atoms with Gasteiger partial charge in [-0.15, -0.1) is 11.3 Å². The fraction of sp³-hybridized carbons (Fsp3) is 0.273. The summed E-state index contributed by atoms with van der Waals surface area (Å²) >= 11 is 3.74. The average molecular weight is 223 g/mol. The Morgan fingerprint density at radius 1 is 1.36 bits per heavy atom. The fourth-order valence-corrected chi connectivity index (χ4v) is 3.35. The molecule has 1 nitrogen and oxygen atoms in total. The van der Waals surface area contributed by atoms with Crippen LogP contribution in [0, 0.1) is 0 Å². The maximum absolute atomic E-state index is 5.61. The number of rotatable bonds is 3. The molecule has 0 atom stereocenters. The minimum atomic E-state index is 0.631. The molecule has 0 saturated heterocycles. The van der Waals surface area contributed by atoms with Gasteiger partial charge in [-0.05, 0) is 29.3 Å². The summed E-state index contributed by atoms with van der Waals surface area (Å²) in [5.41, 5.74) is 6.82. The first-order valence-corrected chi connectivity index (χ1v) is 6.75. The lowest BCUT2D eigenvalue weighted by Gasteiger charge is -1.94. The summed E-state index contributed by atoms with van der Waals surface area (Å²) in [5, 5.41) is 1.34. The van der Waals surface area contributed by atoms with Gasteiger partial charge in [-0.25, -0.2) is 0 Å². The zero-order chi connectivity index (χ0) is 9.97. The number of thioether (sulfide) groups is 1. The van der Waals surface area contributed by atoms with Crippen LogP contribution in [-0.4, -0.2) is 6.26 Å². The Morgan fingerprint density at radius 2 is 2.21 bits per heavy atom. The zero-order valence-corrected chi connectivity index (χ0v) is 9.75. The van der Waals surface area contributed by atoms with Crippen LogP contribution in [0.5, 0.6) is 0 Å². The molecule has 2 N–H and O–H groups in total. The molecule has 74 valence electrons. The van der Waals surface area contributed by atoms with Gasteiger partial charge in [-0.2, -0.15) is 11.8 Å². The predicted octanol–water partition coefficient (Wildman–Crippen LogP) is 3.22. The standard InChI is InChI=1S/C11H13NS2/c1-13-7-10-5-9-3-2-8(6-12)4-11(9)14-10/h2-5H,6-7,12H2,1H3. The lowest BCUT2D eigenvalue weighted by molar-refractivity contribution is 1.08. The molecule has 0 amide bonds. The van der Waals surface area contributed by atoms with E-state index in [0.29, 0.717) is 6.54 Å². The number of hydrogen-bond acceptors (Lipinski definition) is 3. The van der Waals surface area contributed by atoms with Gasteiger partial charge < -0.3 is 5.73 Å². The molecule has 2 rings (SSSR count). The predicted molar refractivity (Wildman–Crippen MR) is 66.9 cm³/mol. The van der Waals surface area contributed by atoms with Crippen molar-refractivity contribution in [3.63, 3.8) is 0 Å². The van der Waals surface area contributed by atoms with Crippen molar-refractivity contribution in [2.45, 2.75) is 12.3 Å². The molecule has 0 bridgehead atoms. The first kappa shape index (κ1) is 10.0. The Labute approximate surface area is 92.3 Å². The van der Waals surface area contributed by atoms with Crippen molar-refractivity contribution in [2.75, 3.05) is 6.26 Å². The normalized spacial score (nSPS) is 11.0. The summed E-state index contributed by atoms with van der Waals surface area (Å²) < 4.78 is 1.36. The van der Waals surface area contributed by atoms with Crippen LogP contribution in [0.4, 0.5) is 0 Å². The van der Waals surface area contributed by atoms with E-state index in [1.807, 2.05) is 23.1 Å². The third-order valence-electron chi connectivity index (χ3n) is 2.16. The van der Waals surface area contributed by atoms with Crippen molar-refractivity contribution < 1.29 is 0 Å². The Kier molecular flexibility index (Phi) is 3.11. The topological polar surface area (TPSA) is 26.0 Å². The van der Waals surface area contributed by atoms with E-state index in [2.05, 4.69) is 30.5 Å². The molecule has 2 aromatic rings. The van der Waals surface area contributed by atoms with E-state index in [1.54, 1.807) is 0 Å². The monoisotopic (exact) mass is 223 g/mol. The molecule has 14 heavy (non-hydrogen) atoms. The average Bonchev–Trinajstić information content (AvgIpc) is 2.59. The number of thiophene rings is 1. The molecule has 1 heterocycles. The van der Waals surface area contributed by atoms with Crippen LogP contribution >= 0.6 is 23.1 Å². The van der Waals surface area contributed by atoms with Crippen molar-refractivity contribution in [2.24, 2.45) is 5.73 Å². The van der Waals surface area contributed by atoms with E-state index >= 15 is 0 Å². The molecule has 0 aliphatic heterocycles. The van der Waals surface area contributed by atoms with E-state index < -0.39 is 0 Å². The van der Waals surface area contributed by atoms with Gasteiger partial charge in [-0.3, -0.25) is 0 Å². The van der Waals surface area contributed by atoms with Gasteiger partial charge in [0.15, 0.2) is 0 Å². The summed E-state index contributed by atoms with van der Waals surface area (Å²) in [6.07, 6.45) is 2.13. The van der Waals surface area contributed by atoms with Gasteiger partial charge in [0, 0.05) is 21.9 Å². The van der Waals surface area contributed by atoms with Crippen LogP contribution in [0.3, 0.4) is 0 Å². The number of hydrogen-bond donors (Lipinski definition) is 1. The van der Waals surface area contributed by atoms with Crippen LogP contribution in [0.1, 0.15) is 10.4 Å². The second-order valence-corrected chi connectivity index (χ2v) is 5.26. The molecule has 0 saturated carbocycles. The fourth-order valence-electron chi connectivity index (χ4n) is 1.47. The van der Waals surface area contributed by atoms with Gasteiger partial charge in [0.05, 0.1) is 0 Å². The van der Waals surface area contributed by atoms with Crippen molar-refractivity contribution in [3.05, 3.63) is 34.7 Å². The van der Waals surface area contributed by atoms with Gasteiger partial charge in [0.25, 0.3) is 0 Å². The summed E-state index contributed by atoms with van der Waals surface area (Å²) in [4.78, 5) is 1.45. The van der Waals surface area contributed by atoms with E-state index in [0.717, 1.165) is 5.75 Å². The van der Waals surface area contributed by atoms with E-state index in [1.165, 1.54) is 20.5 Å². The third kappa shape index (κ3) is 1.95. The highest BCUT2D eigenvalue weighted by Crippen LogP contribution is 2.28. The highest BCUT2D eigenvalue weighted by atomic mass is 32.2. The van der Waals surface area contributed by atoms with Crippen LogP contribution in [0.15, 0.2) is 24.3 Å². The molecule has 0 aliphatic rings. The van der Waals surface area contributed by atoms with E-state index in [9.17, 15) is 0 Å². The van der Waals surface area contributed by atoms with E-state index in [-0.39, 0.29) is 0 Å². The second-order valence-electron chi connectivity index (χ2n) is 3.22. The van der Waals surface area contributed by atoms with Gasteiger partial charge >= 0.3 is 0 Å². The van der Waals surface area contributed by atoms with Crippen LogP contribution in [0.25, 0.3) is 10.1 Å². The summed E-state index contributed by atoms with van der Waals surface area (Å²) in [6, 6.07) is 8.75. The quantitative estimate of drug-likeness (QED) is 0.864. The molecular formula is C11H13NS2. The van der Waals surface area contributed by atoms with Crippen LogP contribution in [-0.2, 0) is 12.3 Å². The molecule has 0 unspecified atom stereocenters. The second kappa shape index (κ2) is 4.34. The molecule has 1 aromatic carbocycles. The Balaban J connectivity index is 2.43. The SMILES string of the molecule is CSCc1cc2ccc(CN)cc2s1. The molecule has 0 radical (unpaired) electrons.